The predicted molar refractivity (Wildman–Crippen MR) is 80.0 cm³/mol. The van der Waals surface area contributed by atoms with E-state index in [-0.39, 0.29) is 5.54 Å². The third-order valence-corrected chi connectivity index (χ3v) is 3.88. The van der Waals surface area contributed by atoms with Gasteiger partial charge in [-0.3, -0.25) is 0 Å². The normalized spacial score (nSPS) is 14.6. The van der Waals surface area contributed by atoms with Crippen LogP contribution in [0.25, 0.3) is 0 Å². The fourth-order valence-electron chi connectivity index (χ4n) is 2.55. The van der Waals surface area contributed by atoms with Crippen molar-refractivity contribution in [3.63, 3.8) is 0 Å². The summed E-state index contributed by atoms with van der Waals surface area (Å²) in [4.78, 5) is 2.39. The van der Waals surface area contributed by atoms with Gasteiger partial charge in [0, 0.05) is 25.0 Å². The molecule has 2 rings (SSSR count). The molecule has 0 amide bonds. The molecule has 0 atom stereocenters. The van der Waals surface area contributed by atoms with Gasteiger partial charge in [-0.1, -0.05) is 12.1 Å². The molecular formula is C16H26N2O. The summed E-state index contributed by atoms with van der Waals surface area (Å²) in [7, 11) is 4.21. The summed E-state index contributed by atoms with van der Waals surface area (Å²) in [5, 5.41) is 3.35. The monoisotopic (exact) mass is 262 g/mol. The Morgan fingerprint density at radius 3 is 2.89 bits per heavy atom. The van der Waals surface area contributed by atoms with E-state index < -0.39 is 0 Å². The molecule has 106 valence electrons. The molecule has 0 aliphatic carbocycles. The highest BCUT2D eigenvalue weighted by molar-refractivity contribution is 5.39. The number of ether oxygens (including phenoxy) is 1. The highest BCUT2D eigenvalue weighted by Gasteiger charge is 2.17. The number of hydrogen-bond donors (Lipinski definition) is 1. The highest BCUT2D eigenvalue weighted by Crippen LogP contribution is 2.26. The molecule has 0 saturated heterocycles. The molecule has 1 aromatic carbocycles. The summed E-state index contributed by atoms with van der Waals surface area (Å²) in [5.41, 5.74) is 2.95. The van der Waals surface area contributed by atoms with Crippen LogP contribution in [0.3, 0.4) is 0 Å². The van der Waals surface area contributed by atoms with Gasteiger partial charge in [-0.05, 0) is 51.6 Å². The Bertz CT molecular complexity index is 429. The topological polar surface area (TPSA) is 24.5 Å². The quantitative estimate of drug-likeness (QED) is 0.849. The van der Waals surface area contributed by atoms with Crippen molar-refractivity contribution in [2.45, 2.75) is 32.2 Å². The van der Waals surface area contributed by atoms with E-state index in [4.69, 9.17) is 4.74 Å². The van der Waals surface area contributed by atoms with Gasteiger partial charge in [0.2, 0.25) is 0 Å². The first-order valence-corrected chi connectivity index (χ1v) is 7.12. The van der Waals surface area contributed by atoms with Gasteiger partial charge in [-0.25, -0.2) is 0 Å². The van der Waals surface area contributed by atoms with Crippen LogP contribution in [0.15, 0.2) is 18.2 Å². The highest BCUT2D eigenvalue weighted by atomic mass is 16.5. The van der Waals surface area contributed by atoms with Crippen molar-refractivity contribution in [2.75, 3.05) is 33.8 Å². The summed E-state index contributed by atoms with van der Waals surface area (Å²) in [6.45, 7) is 7.45. The average Bonchev–Trinajstić information content (AvgIpc) is 2.83. The Balaban J connectivity index is 1.85. The molecule has 1 N–H and O–H groups in total. The molecule has 1 aromatic rings. The number of fused-ring (bicyclic) bond motifs is 1. The Morgan fingerprint density at radius 1 is 1.37 bits per heavy atom. The lowest BCUT2D eigenvalue weighted by atomic mass is 10.0. The van der Waals surface area contributed by atoms with Crippen LogP contribution in [0.1, 0.15) is 25.0 Å². The Morgan fingerprint density at radius 2 is 2.16 bits per heavy atom. The Hall–Kier alpha value is -1.06. The maximum Gasteiger partial charge on any atom is 0.122 e. The molecule has 19 heavy (non-hydrogen) atoms. The van der Waals surface area contributed by atoms with Crippen molar-refractivity contribution in [1.29, 1.82) is 0 Å². The van der Waals surface area contributed by atoms with E-state index in [1.54, 1.807) is 0 Å². The van der Waals surface area contributed by atoms with Crippen LogP contribution in [-0.4, -0.2) is 44.2 Å². The molecule has 0 spiro atoms. The van der Waals surface area contributed by atoms with Crippen LogP contribution in [0, 0.1) is 0 Å². The van der Waals surface area contributed by atoms with Crippen molar-refractivity contribution in [3.8, 4) is 5.75 Å². The number of rotatable bonds is 6. The first kappa shape index (κ1) is 14.4. The van der Waals surface area contributed by atoms with Gasteiger partial charge in [0.15, 0.2) is 0 Å². The lowest BCUT2D eigenvalue weighted by molar-refractivity contribution is 0.246. The Labute approximate surface area is 116 Å². The summed E-state index contributed by atoms with van der Waals surface area (Å²) in [5.74, 6) is 1.08. The number of nitrogens with zero attached hydrogens (tertiary/aromatic N) is 1. The lowest BCUT2D eigenvalue weighted by Crippen LogP contribution is -2.46. The number of hydrogen-bond acceptors (Lipinski definition) is 3. The lowest BCUT2D eigenvalue weighted by Gasteiger charge is -2.30. The van der Waals surface area contributed by atoms with Crippen molar-refractivity contribution in [2.24, 2.45) is 0 Å². The minimum atomic E-state index is 0.167. The fourth-order valence-corrected chi connectivity index (χ4v) is 2.55. The van der Waals surface area contributed by atoms with Crippen molar-refractivity contribution in [3.05, 3.63) is 29.3 Å². The summed E-state index contributed by atoms with van der Waals surface area (Å²) in [6.07, 6.45) is 2.16. The molecule has 0 fully saturated rings. The molecule has 1 aliphatic rings. The third-order valence-electron chi connectivity index (χ3n) is 3.88. The summed E-state index contributed by atoms with van der Waals surface area (Å²) in [6, 6.07) is 6.62. The SMILES string of the molecule is CNC(C)(C)CN(C)CCc1ccc2c(c1)CCO2. The fraction of sp³-hybridized carbons (Fsp3) is 0.625. The smallest absolute Gasteiger partial charge is 0.122 e. The summed E-state index contributed by atoms with van der Waals surface area (Å²) < 4.78 is 5.54. The molecule has 3 nitrogen and oxygen atoms in total. The van der Waals surface area contributed by atoms with Gasteiger partial charge in [0.25, 0.3) is 0 Å². The molecule has 3 heteroatoms. The molecule has 1 aliphatic heterocycles. The molecule has 0 bridgehead atoms. The second-order valence-corrected chi connectivity index (χ2v) is 6.16. The number of likely N-dealkylation sites (N-methyl/N-ethyl adjacent to an activating group) is 2. The van der Waals surface area contributed by atoms with Gasteiger partial charge in [-0.15, -0.1) is 0 Å². The van der Waals surface area contributed by atoms with E-state index in [0.717, 1.165) is 38.3 Å². The first-order valence-electron chi connectivity index (χ1n) is 7.12. The van der Waals surface area contributed by atoms with E-state index >= 15 is 0 Å². The van der Waals surface area contributed by atoms with Gasteiger partial charge in [0.1, 0.15) is 5.75 Å². The van der Waals surface area contributed by atoms with Crippen LogP contribution in [0.5, 0.6) is 5.75 Å². The van der Waals surface area contributed by atoms with Gasteiger partial charge >= 0.3 is 0 Å². The molecule has 0 aromatic heterocycles. The average molecular weight is 262 g/mol. The molecule has 1 heterocycles. The van der Waals surface area contributed by atoms with Crippen LogP contribution in [0.4, 0.5) is 0 Å². The van der Waals surface area contributed by atoms with Gasteiger partial charge in [0.05, 0.1) is 6.61 Å². The maximum atomic E-state index is 5.54. The van der Waals surface area contributed by atoms with Gasteiger partial charge < -0.3 is 15.0 Å². The predicted octanol–water partition coefficient (Wildman–Crippen LogP) is 2.09. The maximum absolute atomic E-state index is 5.54. The van der Waals surface area contributed by atoms with Crippen molar-refractivity contribution in [1.82, 2.24) is 10.2 Å². The molecule has 0 radical (unpaired) electrons. The first-order chi connectivity index (χ1) is 9.00. The zero-order valence-electron chi connectivity index (χ0n) is 12.6. The minimum absolute atomic E-state index is 0.167. The van der Waals surface area contributed by atoms with E-state index in [9.17, 15) is 0 Å². The van der Waals surface area contributed by atoms with Crippen LogP contribution >= 0.6 is 0 Å². The van der Waals surface area contributed by atoms with Gasteiger partial charge in [-0.2, -0.15) is 0 Å². The van der Waals surface area contributed by atoms with Crippen LogP contribution in [-0.2, 0) is 12.8 Å². The minimum Gasteiger partial charge on any atom is -0.493 e. The molecular weight excluding hydrogens is 236 g/mol. The standard InChI is InChI=1S/C16H26N2O/c1-16(2,17-3)12-18(4)9-7-13-5-6-15-14(11-13)8-10-19-15/h5-6,11,17H,7-10,12H2,1-4H3. The van der Waals surface area contributed by atoms with Crippen LogP contribution in [0.2, 0.25) is 0 Å². The number of nitrogens with one attached hydrogen (secondary N) is 1. The largest absolute Gasteiger partial charge is 0.493 e. The van der Waals surface area contributed by atoms with Crippen molar-refractivity contribution >= 4 is 0 Å². The zero-order chi connectivity index (χ0) is 13.9. The Kier molecular flexibility index (Phi) is 4.48. The van der Waals surface area contributed by atoms with E-state index in [2.05, 4.69) is 49.3 Å². The van der Waals surface area contributed by atoms with E-state index in [1.165, 1.54) is 11.1 Å². The second kappa shape index (κ2) is 5.93. The van der Waals surface area contributed by atoms with Crippen molar-refractivity contribution < 1.29 is 4.74 Å². The van der Waals surface area contributed by atoms with E-state index in [0.29, 0.717) is 0 Å². The second-order valence-electron chi connectivity index (χ2n) is 6.16. The molecule has 0 saturated carbocycles. The molecule has 0 unspecified atom stereocenters. The van der Waals surface area contributed by atoms with Crippen LogP contribution < -0.4 is 10.1 Å². The third kappa shape index (κ3) is 3.95. The number of benzene rings is 1. The van der Waals surface area contributed by atoms with E-state index in [1.807, 2.05) is 7.05 Å². The summed E-state index contributed by atoms with van der Waals surface area (Å²) >= 11 is 0. The zero-order valence-corrected chi connectivity index (χ0v) is 12.6.